The van der Waals surface area contributed by atoms with E-state index < -0.39 is 0 Å². The smallest absolute Gasteiger partial charge is 0.216 e. The summed E-state index contributed by atoms with van der Waals surface area (Å²) in [5, 5.41) is 11.3. The van der Waals surface area contributed by atoms with Crippen LogP contribution >= 0.6 is 12.2 Å². The first-order valence-electron chi connectivity index (χ1n) is 6.74. The van der Waals surface area contributed by atoms with Gasteiger partial charge < -0.3 is 9.30 Å². The monoisotopic (exact) mass is 313 g/mol. The molecular formula is C15H15N5OS. The van der Waals surface area contributed by atoms with Gasteiger partial charge in [0.2, 0.25) is 4.77 Å². The number of rotatable bonds is 5. The van der Waals surface area contributed by atoms with Gasteiger partial charge in [0.05, 0.1) is 11.9 Å². The van der Waals surface area contributed by atoms with E-state index in [1.165, 1.54) is 0 Å². The van der Waals surface area contributed by atoms with E-state index in [4.69, 9.17) is 17.0 Å². The van der Waals surface area contributed by atoms with E-state index in [2.05, 4.69) is 15.3 Å². The molecule has 0 unspecified atom stereocenters. The lowest BCUT2D eigenvalue weighted by Crippen LogP contribution is -2.04. The first-order chi connectivity index (χ1) is 10.7. The summed E-state index contributed by atoms with van der Waals surface area (Å²) in [6.45, 7) is 0.279. The van der Waals surface area contributed by atoms with E-state index in [0.29, 0.717) is 10.6 Å². The van der Waals surface area contributed by atoms with Crippen LogP contribution in [0.2, 0.25) is 0 Å². The van der Waals surface area contributed by atoms with Crippen LogP contribution in [0.4, 0.5) is 0 Å². The maximum Gasteiger partial charge on any atom is 0.216 e. The number of hydrogen-bond donors (Lipinski definition) is 1. The normalized spacial score (nSPS) is 11.1. The maximum absolute atomic E-state index is 5.68. The SMILES string of the molecule is Cn1cccc1/C=N\n1c(COc2ccccc2)n[nH]c1=S. The lowest BCUT2D eigenvalue weighted by molar-refractivity contribution is 0.290. The van der Waals surface area contributed by atoms with Crippen molar-refractivity contribution in [1.29, 1.82) is 0 Å². The van der Waals surface area contributed by atoms with E-state index in [1.54, 1.807) is 10.9 Å². The van der Waals surface area contributed by atoms with Gasteiger partial charge in [-0.15, -0.1) is 0 Å². The topological polar surface area (TPSA) is 60.1 Å². The fourth-order valence-electron chi connectivity index (χ4n) is 1.93. The van der Waals surface area contributed by atoms with Crippen molar-refractivity contribution < 1.29 is 4.74 Å². The van der Waals surface area contributed by atoms with Crippen molar-refractivity contribution in [2.45, 2.75) is 6.61 Å². The lowest BCUT2D eigenvalue weighted by atomic mass is 10.3. The Morgan fingerprint density at radius 1 is 1.27 bits per heavy atom. The lowest BCUT2D eigenvalue weighted by Gasteiger charge is -2.05. The zero-order valence-corrected chi connectivity index (χ0v) is 12.8. The molecule has 0 bridgehead atoms. The van der Waals surface area contributed by atoms with Gasteiger partial charge in [0.15, 0.2) is 5.82 Å². The summed E-state index contributed by atoms with van der Waals surface area (Å²) in [5.41, 5.74) is 0.970. The van der Waals surface area contributed by atoms with Gasteiger partial charge in [-0.3, -0.25) is 0 Å². The van der Waals surface area contributed by atoms with Crippen LogP contribution in [0.25, 0.3) is 0 Å². The third-order valence-corrected chi connectivity index (χ3v) is 3.38. The van der Waals surface area contributed by atoms with Gasteiger partial charge in [0.1, 0.15) is 12.4 Å². The van der Waals surface area contributed by atoms with Crippen LogP contribution in [0.5, 0.6) is 5.75 Å². The molecule has 0 radical (unpaired) electrons. The highest BCUT2D eigenvalue weighted by molar-refractivity contribution is 7.71. The molecule has 0 amide bonds. The molecular weight excluding hydrogens is 298 g/mol. The second kappa shape index (κ2) is 6.40. The van der Waals surface area contributed by atoms with Crippen molar-refractivity contribution in [3.8, 4) is 5.75 Å². The van der Waals surface area contributed by atoms with E-state index >= 15 is 0 Å². The molecule has 3 rings (SSSR count). The highest BCUT2D eigenvalue weighted by atomic mass is 32.1. The molecule has 0 saturated heterocycles. The van der Waals surface area contributed by atoms with Crippen molar-refractivity contribution in [3.05, 3.63) is 65.0 Å². The van der Waals surface area contributed by atoms with Crippen LogP contribution in [0.15, 0.2) is 53.8 Å². The summed E-state index contributed by atoms with van der Waals surface area (Å²) in [6.07, 6.45) is 3.69. The number of aromatic amines is 1. The Bertz CT molecular complexity index is 831. The first kappa shape index (κ1) is 14.3. The molecule has 2 aromatic heterocycles. The van der Waals surface area contributed by atoms with Crippen molar-refractivity contribution in [3.63, 3.8) is 0 Å². The summed E-state index contributed by atoms with van der Waals surface area (Å²) in [6, 6.07) is 13.5. The Morgan fingerprint density at radius 2 is 2.09 bits per heavy atom. The number of nitrogens with zero attached hydrogens (tertiary/aromatic N) is 4. The zero-order valence-electron chi connectivity index (χ0n) is 12.0. The summed E-state index contributed by atoms with van der Waals surface area (Å²) in [7, 11) is 1.95. The van der Waals surface area contributed by atoms with Crippen LogP contribution in [-0.4, -0.2) is 25.7 Å². The standard InChI is InChI=1S/C15H15N5OS/c1-19-9-5-6-12(19)10-16-20-14(17-18-15(20)22)11-21-13-7-3-2-4-8-13/h2-10H,11H2,1H3,(H,18,22)/b16-10-. The van der Waals surface area contributed by atoms with Gasteiger partial charge >= 0.3 is 0 Å². The fraction of sp³-hybridized carbons (Fsp3) is 0.133. The number of H-pyrrole nitrogens is 1. The molecule has 0 spiro atoms. The molecule has 22 heavy (non-hydrogen) atoms. The van der Waals surface area contributed by atoms with Gasteiger partial charge in [-0.25, -0.2) is 5.10 Å². The fourth-order valence-corrected chi connectivity index (χ4v) is 2.12. The van der Waals surface area contributed by atoms with Crippen LogP contribution < -0.4 is 4.74 Å². The van der Waals surface area contributed by atoms with Crippen molar-refractivity contribution in [2.24, 2.45) is 12.1 Å². The highest BCUT2D eigenvalue weighted by Gasteiger charge is 2.06. The third kappa shape index (κ3) is 3.15. The van der Waals surface area contributed by atoms with E-state index in [9.17, 15) is 0 Å². The minimum atomic E-state index is 0.279. The van der Waals surface area contributed by atoms with E-state index in [-0.39, 0.29) is 6.61 Å². The van der Waals surface area contributed by atoms with Crippen LogP contribution in [-0.2, 0) is 13.7 Å². The van der Waals surface area contributed by atoms with Crippen molar-refractivity contribution in [2.75, 3.05) is 0 Å². The summed E-state index contributed by atoms with van der Waals surface area (Å²) < 4.78 is 9.63. The Morgan fingerprint density at radius 3 is 2.82 bits per heavy atom. The number of para-hydroxylation sites is 1. The second-order valence-electron chi connectivity index (χ2n) is 4.65. The van der Waals surface area contributed by atoms with Crippen LogP contribution in [0.3, 0.4) is 0 Å². The molecule has 7 heteroatoms. The Balaban J connectivity index is 1.78. The number of hydrogen-bond acceptors (Lipinski definition) is 4. The highest BCUT2D eigenvalue weighted by Crippen LogP contribution is 2.11. The summed E-state index contributed by atoms with van der Waals surface area (Å²) >= 11 is 5.20. The zero-order chi connectivity index (χ0) is 15.4. The number of aromatic nitrogens is 4. The molecule has 1 aromatic carbocycles. The molecule has 0 atom stereocenters. The third-order valence-electron chi connectivity index (χ3n) is 3.12. The minimum Gasteiger partial charge on any atom is -0.486 e. The van der Waals surface area contributed by atoms with Crippen LogP contribution in [0.1, 0.15) is 11.5 Å². The predicted octanol–water partition coefficient (Wildman–Crippen LogP) is 2.74. The van der Waals surface area contributed by atoms with Crippen LogP contribution in [0, 0.1) is 4.77 Å². The molecule has 0 fully saturated rings. The molecule has 3 aromatic rings. The molecule has 0 saturated carbocycles. The quantitative estimate of drug-likeness (QED) is 0.582. The van der Waals surface area contributed by atoms with Gasteiger partial charge in [-0.05, 0) is 36.5 Å². The van der Waals surface area contributed by atoms with Gasteiger partial charge in [0, 0.05) is 13.2 Å². The number of ether oxygens (including phenoxy) is 1. The van der Waals surface area contributed by atoms with E-state index in [1.807, 2.05) is 60.3 Å². The molecule has 0 aliphatic rings. The predicted molar refractivity (Wildman–Crippen MR) is 86.6 cm³/mol. The molecule has 0 aliphatic carbocycles. The number of aryl methyl sites for hydroxylation is 1. The first-order valence-corrected chi connectivity index (χ1v) is 7.15. The summed E-state index contributed by atoms with van der Waals surface area (Å²) in [4.78, 5) is 0. The Hall–Kier alpha value is -2.67. The van der Waals surface area contributed by atoms with Gasteiger partial charge in [0.25, 0.3) is 0 Å². The van der Waals surface area contributed by atoms with Crippen molar-refractivity contribution in [1.82, 2.24) is 19.4 Å². The minimum absolute atomic E-state index is 0.279. The molecule has 2 heterocycles. The van der Waals surface area contributed by atoms with Gasteiger partial charge in [-0.1, -0.05) is 18.2 Å². The summed E-state index contributed by atoms with van der Waals surface area (Å²) in [5.74, 6) is 1.38. The molecule has 6 nitrogen and oxygen atoms in total. The number of benzene rings is 1. The maximum atomic E-state index is 5.68. The largest absolute Gasteiger partial charge is 0.486 e. The van der Waals surface area contributed by atoms with Gasteiger partial charge in [-0.2, -0.15) is 14.9 Å². The molecule has 0 aliphatic heterocycles. The average molecular weight is 313 g/mol. The van der Waals surface area contributed by atoms with E-state index in [0.717, 1.165) is 11.4 Å². The number of nitrogens with one attached hydrogen (secondary N) is 1. The second-order valence-corrected chi connectivity index (χ2v) is 5.03. The molecule has 1 N–H and O–H groups in total. The Labute approximate surface area is 132 Å². The Kier molecular flexibility index (Phi) is 4.15. The van der Waals surface area contributed by atoms with Crippen molar-refractivity contribution >= 4 is 18.4 Å². The average Bonchev–Trinajstić information content (AvgIpc) is 3.10. The molecule has 112 valence electrons.